The minimum atomic E-state index is -1.66. The molecule has 1 aliphatic carbocycles. The van der Waals surface area contributed by atoms with Crippen LogP contribution in [0.2, 0.25) is 0 Å². The van der Waals surface area contributed by atoms with Crippen molar-refractivity contribution in [2.24, 2.45) is 40.7 Å². The number of carbonyl (C=O) groups excluding carboxylic acids is 10. The second-order valence-electron chi connectivity index (χ2n) is 20.4. The molecule has 0 aromatic carbocycles. The van der Waals surface area contributed by atoms with Crippen molar-refractivity contribution in [1.82, 2.24) is 53.2 Å². The van der Waals surface area contributed by atoms with Crippen LogP contribution in [0.5, 0.6) is 0 Å². The summed E-state index contributed by atoms with van der Waals surface area (Å²) in [6.07, 6.45) is -1.74. The number of rotatable bonds is 21. The fraction of sp³-hybridized carbons (Fsp3) is 0.792. The molecule has 428 valence electrons. The smallest absolute Gasteiger partial charge is 0.249 e. The predicted molar refractivity (Wildman–Crippen MR) is 275 cm³/mol. The van der Waals surface area contributed by atoms with Crippen LogP contribution in [0.25, 0.3) is 0 Å². The largest absolute Gasteiger partial charge is 0.391 e. The van der Waals surface area contributed by atoms with Crippen molar-refractivity contribution in [3.05, 3.63) is 0 Å². The van der Waals surface area contributed by atoms with Gasteiger partial charge in [0.15, 0.2) is 0 Å². The summed E-state index contributed by atoms with van der Waals surface area (Å²) < 4.78 is 0. The Balaban J connectivity index is 2.65. The van der Waals surface area contributed by atoms with Crippen molar-refractivity contribution in [3.8, 4) is 0 Å². The van der Waals surface area contributed by atoms with E-state index in [-0.39, 0.29) is 82.5 Å². The Hall–Kier alpha value is -5.58. The molecule has 21 N–H and O–H groups in total. The number of carbonyl (C=O) groups is 10. The van der Waals surface area contributed by atoms with E-state index in [4.69, 9.17) is 22.9 Å². The molecule has 27 heteroatoms. The van der Waals surface area contributed by atoms with Gasteiger partial charge in [-0.2, -0.15) is 0 Å². The van der Waals surface area contributed by atoms with E-state index in [1.807, 2.05) is 0 Å². The quantitative estimate of drug-likeness (QED) is 0.0509. The lowest BCUT2D eigenvalue weighted by Gasteiger charge is -2.29. The summed E-state index contributed by atoms with van der Waals surface area (Å²) in [5.41, 5.74) is 23.4. The zero-order chi connectivity index (χ0) is 56.5. The van der Waals surface area contributed by atoms with Crippen LogP contribution in [0.4, 0.5) is 0 Å². The van der Waals surface area contributed by atoms with E-state index in [1.165, 1.54) is 13.8 Å². The molecule has 4 unspecified atom stereocenters. The molecule has 1 saturated heterocycles. The number of aliphatic hydroxyl groups excluding tert-OH is 3. The van der Waals surface area contributed by atoms with Crippen LogP contribution < -0.4 is 76.1 Å². The normalized spacial score (nSPS) is 25.6. The third-order valence-corrected chi connectivity index (χ3v) is 12.9. The summed E-state index contributed by atoms with van der Waals surface area (Å²) in [6, 6.07) is -13.1. The van der Waals surface area contributed by atoms with Gasteiger partial charge >= 0.3 is 0 Å². The van der Waals surface area contributed by atoms with E-state index in [2.05, 4.69) is 53.2 Å². The third-order valence-electron chi connectivity index (χ3n) is 12.9. The van der Waals surface area contributed by atoms with Crippen LogP contribution >= 0.6 is 0 Å². The van der Waals surface area contributed by atoms with Crippen molar-refractivity contribution >= 4 is 59.1 Å². The summed E-state index contributed by atoms with van der Waals surface area (Å²) in [6.45, 7) is 8.57. The fourth-order valence-electron chi connectivity index (χ4n) is 8.73. The van der Waals surface area contributed by atoms with Gasteiger partial charge in [-0.15, -0.1) is 0 Å². The summed E-state index contributed by atoms with van der Waals surface area (Å²) in [4.78, 5) is 139. The maximum Gasteiger partial charge on any atom is 0.249 e. The number of hydrogen-bond acceptors (Lipinski definition) is 17. The second kappa shape index (κ2) is 33.5. The van der Waals surface area contributed by atoms with Crippen LogP contribution in [0.3, 0.4) is 0 Å². The van der Waals surface area contributed by atoms with E-state index in [0.29, 0.717) is 12.8 Å². The number of nitrogens with one attached hydrogen (secondary N) is 10. The first-order chi connectivity index (χ1) is 35.4. The highest BCUT2D eigenvalue weighted by Crippen LogP contribution is 2.26. The monoisotopic (exact) mass is 1070 g/mol. The van der Waals surface area contributed by atoms with Crippen LogP contribution in [-0.4, -0.2) is 180 Å². The zero-order valence-electron chi connectivity index (χ0n) is 44.4. The van der Waals surface area contributed by atoms with Crippen molar-refractivity contribution in [1.29, 1.82) is 0 Å². The molecule has 0 radical (unpaired) electrons. The Labute approximate surface area is 439 Å². The Morgan fingerprint density at radius 2 is 0.973 bits per heavy atom. The number of aliphatic hydroxyl groups is 3. The SMILES string of the molecule is CC(C)C[C@@H]1NC(=O)[C@@H](CC(C)C)NC(=O)[C@H](CCN)NC(=O)[C@@H](NC(=O)[C@H](CCN)NC(=O)[C@@H](NC(=O)C(O)C2CCCCC2)C(C)O)CCNC(=O)[C@H](C(C)O)NC(=O)[C@H](CCN)NC(=O)C(CCN)NC1=O. The van der Waals surface area contributed by atoms with Crippen molar-refractivity contribution in [2.45, 2.75) is 191 Å². The average molecular weight is 1070 g/mol. The first kappa shape index (κ1) is 65.5. The molecule has 0 spiro atoms. The molecule has 0 bridgehead atoms. The summed E-state index contributed by atoms with van der Waals surface area (Å²) in [7, 11) is 0. The average Bonchev–Trinajstić information content (AvgIpc) is 3.34. The zero-order valence-corrected chi connectivity index (χ0v) is 44.4. The van der Waals surface area contributed by atoms with Gasteiger partial charge in [-0.3, -0.25) is 47.9 Å². The number of hydrogen-bond donors (Lipinski definition) is 17. The van der Waals surface area contributed by atoms with E-state index in [1.54, 1.807) is 27.7 Å². The molecular weight excluding hydrogens is 981 g/mol. The molecule has 1 heterocycles. The van der Waals surface area contributed by atoms with Gasteiger partial charge in [0.2, 0.25) is 59.1 Å². The minimum absolute atomic E-state index is 0.0560. The summed E-state index contributed by atoms with van der Waals surface area (Å²) in [5.74, 6) is -9.83. The number of amides is 10. The van der Waals surface area contributed by atoms with Gasteiger partial charge < -0.3 is 91.4 Å². The predicted octanol–water partition coefficient (Wildman–Crippen LogP) is -5.94. The van der Waals surface area contributed by atoms with Crippen LogP contribution in [0, 0.1) is 17.8 Å². The molecule has 2 fully saturated rings. The molecule has 1 aliphatic heterocycles. The van der Waals surface area contributed by atoms with Crippen molar-refractivity contribution in [2.75, 3.05) is 32.7 Å². The molecule has 0 aromatic heterocycles. The lowest BCUT2D eigenvalue weighted by molar-refractivity contribution is -0.139. The molecule has 12 atom stereocenters. The molecule has 27 nitrogen and oxygen atoms in total. The molecule has 10 amide bonds. The van der Waals surface area contributed by atoms with Gasteiger partial charge in [-0.1, -0.05) is 47.0 Å². The van der Waals surface area contributed by atoms with Gasteiger partial charge in [0.1, 0.15) is 60.5 Å². The van der Waals surface area contributed by atoms with Gasteiger partial charge in [-0.25, -0.2) is 0 Å². The van der Waals surface area contributed by atoms with E-state index >= 15 is 0 Å². The standard InChI is InChI=1S/C48H88N14O13/c1-24(2)22-34-44(71)56-29(12-17-49)39(66)55-32(15-20-52)43(70)61-36(26(5)63)46(73)53-21-16-33(42(69)54-30(13-18-50)41(68)59-35(23-25(3)4)45(72)60-34)57-40(67)31(14-19-51)58-47(74)37(27(6)64)62-48(75)38(65)28-10-8-7-9-11-28/h24-38,63-65H,7-23,49-52H2,1-6H3,(H,53,73)(H,54,69)(H,55,66)(H,56,71)(H,57,67)(H,58,74)(H,59,68)(H,60,72)(H,61,70)(H,62,75)/t26?,27?,29?,30-,31-,32-,33-,34-,35+,36-,37-,38?/m0/s1. The Morgan fingerprint density at radius 3 is 1.40 bits per heavy atom. The molecule has 2 aliphatic rings. The van der Waals surface area contributed by atoms with Gasteiger partial charge in [0, 0.05) is 6.54 Å². The van der Waals surface area contributed by atoms with Crippen LogP contribution in [0.1, 0.15) is 119 Å². The Bertz CT molecular complexity index is 1900. The highest BCUT2D eigenvalue weighted by molar-refractivity contribution is 5.99. The highest BCUT2D eigenvalue weighted by atomic mass is 16.3. The third kappa shape index (κ3) is 22.3. The van der Waals surface area contributed by atoms with Crippen LogP contribution in [-0.2, 0) is 47.9 Å². The van der Waals surface area contributed by atoms with Crippen molar-refractivity contribution < 1.29 is 63.3 Å². The van der Waals surface area contributed by atoms with Crippen molar-refractivity contribution in [3.63, 3.8) is 0 Å². The Kier molecular flexibility index (Phi) is 29.2. The molecule has 2 rings (SSSR count). The van der Waals surface area contributed by atoms with Gasteiger partial charge in [0.05, 0.1) is 12.2 Å². The topological polar surface area (TPSA) is 456 Å². The fourth-order valence-corrected chi connectivity index (χ4v) is 8.73. The maximum atomic E-state index is 14.3. The molecule has 75 heavy (non-hydrogen) atoms. The molecular formula is C48H88N14O13. The maximum absolute atomic E-state index is 14.3. The number of nitrogens with two attached hydrogens (primary N) is 4. The summed E-state index contributed by atoms with van der Waals surface area (Å²) >= 11 is 0. The highest BCUT2D eigenvalue weighted by Gasteiger charge is 2.38. The van der Waals surface area contributed by atoms with E-state index in [9.17, 15) is 63.3 Å². The van der Waals surface area contributed by atoms with E-state index in [0.717, 1.165) is 19.3 Å². The second-order valence-corrected chi connectivity index (χ2v) is 20.4. The van der Waals surface area contributed by atoms with Gasteiger partial charge in [-0.05, 0) is 116 Å². The lowest BCUT2D eigenvalue weighted by atomic mass is 9.85. The first-order valence-electron chi connectivity index (χ1n) is 26.2. The van der Waals surface area contributed by atoms with E-state index < -0.39 is 145 Å². The molecule has 1 saturated carbocycles. The molecule has 0 aromatic rings. The lowest BCUT2D eigenvalue weighted by Crippen LogP contribution is -2.61. The van der Waals surface area contributed by atoms with Gasteiger partial charge in [0.25, 0.3) is 0 Å². The first-order valence-corrected chi connectivity index (χ1v) is 26.2. The summed E-state index contributed by atoms with van der Waals surface area (Å²) in [5, 5.41) is 57.3. The Morgan fingerprint density at radius 1 is 0.533 bits per heavy atom. The minimum Gasteiger partial charge on any atom is -0.391 e. The van der Waals surface area contributed by atoms with Crippen LogP contribution in [0.15, 0.2) is 0 Å².